The average molecular weight is 418 g/mol. The number of nitrogens with one attached hydrogen (secondary N) is 1. The van der Waals surface area contributed by atoms with E-state index in [2.05, 4.69) is 26.5 Å². The normalized spacial score (nSPS) is 12.9. The van der Waals surface area contributed by atoms with E-state index >= 15 is 0 Å². The highest BCUT2D eigenvalue weighted by Gasteiger charge is 2.13. The van der Waals surface area contributed by atoms with Crippen molar-refractivity contribution in [3.63, 3.8) is 0 Å². The number of carbonyl (C=O) groups is 1. The lowest BCUT2D eigenvalue weighted by Crippen LogP contribution is -2.20. The Labute approximate surface area is 160 Å². The molecule has 1 heterocycles. The van der Waals surface area contributed by atoms with Crippen molar-refractivity contribution < 1.29 is 14.3 Å². The van der Waals surface area contributed by atoms with E-state index in [1.54, 1.807) is 6.21 Å². The second-order valence-electron chi connectivity index (χ2n) is 6.05. The molecule has 2 aromatic rings. The average Bonchev–Trinajstić information content (AvgIpc) is 2.61. The van der Waals surface area contributed by atoms with Gasteiger partial charge < -0.3 is 14.4 Å². The fourth-order valence-electron chi connectivity index (χ4n) is 2.57. The lowest BCUT2D eigenvalue weighted by atomic mass is 10.1. The molecule has 0 fully saturated rings. The van der Waals surface area contributed by atoms with Gasteiger partial charge in [-0.1, -0.05) is 12.1 Å². The Kier molecular flexibility index (Phi) is 5.78. The van der Waals surface area contributed by atoms with Crippen LogP contribution in [0.1, 0.15) is 11.1 Å². The van der Waals surface area contributed by atoms with Crippen LogP contribution < -0.4 is 19.8 Å². The van der Waals surface area contributed by atoms with Gasteiger partial charge in [0.2, 0.25) is 5.91 Å². The van der Waals surface area contributed by atoms with Gasteiger partial charge in [0.25, 0.3) is 0 Å². The second kappa shape index (κ2) is 8.23. The summed E-state index contributed by atoms with van der Waals surface area (Å²) in [6.45, 7) is 1.07. The Morgan fingerprint density at radius 3 is 2.69 bits per heavy atom. The molecular formula is C19H20BrN3O3. The molecule has 0 spiro atoms. The number of amides is 1. The fourth-order valence-corrected chi connectivity index (χ4v) is 3.32. The summed E-state index contributed by atoms with van der Waals surface area (Å²) in [5.41, 5.74) is 5.36. The van der Waals surface area contributed by atoms with E-state index in [9.17, 15) is 4.79 Å². The molecule has 0 unspecified atom stereocenters. The summed E-state index contributed by atoms with van der Waals surface area (Å²) < 4.78 is 12.0. The molecule has 0 aliphatic carbocycles. The third kappa shape index (κ3) is 4.54. The molecule has 3 rings (SSSR count). The molecule has 0 radical (unpaired) electrons. The molecule has 1 N–H and O–H groups in total. The van der Waals surface area contributed by atoms with Crippen LogP contribution in [0.4, 0.5) is 5.69 Å². The number of nitrogens with zero attached hydrogens (tertiary/aromatic N) is 2. The van der Waals surface area contributed by atoms with Gasteiger partial charge in [-0.05, 0) is 51.3 Å². The number of hydrogen-bond donors (Lipinski definition) is 1. The third-order valence-corrected chi connectivity index (χ3v) is 4.46. The van der Waals surface area contributed by atoms with E-state index in [-0.39, 0.29) is 12.3 Å². The summed E-state index contributed by atoms with van der Waals surface area (Å²) in [7, 11) is 3.96. The standard InChI is InChI=1S/C19H20BrN3O3/c1-23(2)16-5-3-14(9-15(16)20)12-21-22-19(24)11-13-4-6-17-18(10-13)26-8-7-25-17/h3-6,9-10,12H,7-8,11H2,1-2H3,(H,22,24)/b21-12+. The van der Waals surface area contributed by atoms with E-state index in [1.807, 2.05) is 55.4 Å². The number of fused-ring (bicyclic) bond motifs is 1. The second-order valence-corrected chi connectivity index (χ2v) is 6.91. The summed E-state index contributed by atoms with van der Waals surface area (Å²) >= 11 is 3.53. The lowest BCUT2D eigenvalue weighted by molar-refractivity contribution is -0.120. The highest BCUT2D eigenvalue weighted by molar-refractivity contribution is 9.10. The molecule has 1 amide bonds. The molecule has 26 heavy (non-hydrogen) atoms. The first-order chi connectivity index (χ1) is 12.5. The fraction of sp³-hybridized carbons (Fsp3) is 0.263. The van der Waals surface area contributed by atoms with Crippen molar-refractivity contribution >= 4 is 33.7 Å². The molecule has 0 bridgehead atoms. The Balaban J connectivity index is 1.57. The third-order valence-electron chi connectivity index (χ3n) is 3.83. The molecule has 7 heteroatoms. The molecule has 0 atom stereocenters. The zero-order chi connectivity index (χ0) is 18.5. The molecule has 1 aliphatic rings. The van der Waals surface area contributed by atoms with E-state index in [1.165, 1.54) is 0 Å². The largest absolute Gasteiger partial charge is 0.486 e. The molecule has 6 nitrogen and oxygen atoms in total. The van der Waals surface area contributed by atoms with Crippen LogP contribution >= 0.6 is 15.9 Å². The number of rotatable bonds is 5. The zero-order valence-electron chi connectivity index (χ0n) is 14.7. The number of carbonyl (C=O) groups excluding carboxylic acids is 1. The SMILES string of the molecule is CN(C)c1ccc(/C=N/NC(=O)Cc2ccc3c(c2)OCCO3)cc1Br. The van der Waals surface area contributed by atoms with Crippen LogP contribution in [0, 0.1) is 0 Å². The van der Waals surface area contributed by atoms with Gasteiger partial charge in [-0.3, -0.25) is 4.79 Å². The van der Waals surface area contributed by atoms with Crippen LogP contribution in [0.25, 0.3) is 0 Å². The summed E-state index contributed by atoms with van der Waals surface area (Å²) in [4.78, 5) is 14.1. The van der Waals surface area contributed by atoms with Crippen molar-refractivity contribution in [2.75, 3.05) is 32.2 Å². The van der Waals surface area contributed by atoms with Crippen LogP contribution in [0.2, 0.25) is 0 Å². The summed E-state index contributed by atoms with van der Waals surface area (Å²) in [5.74, 6) is 1.20. The Morgan fingerprint density at radius 1 is 1.19 bits per heavy atom. The summed E-state index contributed by atoms with van der Waals surface area (Å²) in [5, 5.41) is 4.03. The smallest absolute Gasteiger partial charge is 0.244 e. The van der Waals surface area contributed by atoms with Gasteiger partial charge in [0, 0.05) is 18.6 Å². The molecule has 1 aliphatic heterocycles. The van der Waals surface area contributed by atoms with Gasteiger partial charge in [-0.2, -0.15) is 5.10 Å². The van der Waals surface area contributed by atoms with E-state index < -0.39 is 0 Å². The van der Waals surface area contributed by atoms with Gasteiger partial charge in [-0.25, -0.2) is 5.43 Å². The molecule has 0 aromatic heterocycles. The summed E-state index contributed by atoms with van der Waals surface area (Å²) in [6, 6.07) is 11.4. The van der Waals surface area contributed by atoms with Crippen LogP contribution in [0.5, 0.6) is 11.5 Å². The van der Waals surface area contributed by atoms with Crippen molar-refractivity contribution in [1.82, 2.24) is 5.43 Å². The van der Waals surface area contributed by atoms with Crippen LogP contribution in [-0.4, -0.2) is 39.4 Å². The number of hydrogen-bond acceptors (Lipinski definition) is 5. The molecule has 0 saturated carbocycles. The Bertz CT molecular complexity index is 837. The van der Waals surface area contributed by atoms with Gasteiger partial charge >= 0.3 is 0 Å². The van der Waals surface area contributed by atoms with Crippen LogP contribution in [-0.2, 0) is 11.2 Å². The van der Waals surface area contributed by atoms with Crippen LogP contribution in [0.15, 0.2) is 46.0 Å². The lowest BCUT2D eigenvalue weighted by Gasteiger charge is -2.18. The summed E-state index contributed by atoms with van der Waals surface area (Å²) in [6.07, 6.45) is 1.84. The van der Waals surface area contributed by atoms with Crippen molar-refractivity contribution in [2.24, 2.45) is 5.10 Å². The monoisotopic (exact) mass is 417 g/mol. The molecule has 0 saturated heterocycles. The number of hydrazone groups is 1. The van der Waals surface area contributed by atoms with Crippen molar-refractivity contribution in [3.8, 4) is 11.5 Å². The Morgan fingerprint density at radius 2 is 1.96 bits per heavy atom. The van der Waals surface area contributed by atoms with Crippen molar-refractivity contribution in [3.05, 3.63) is 52.0 Å². The maximum Gasteiger partial charge on any atom is 0.244 e. The first-order valence-corrected chi connectivity index (χ1v) is 8.99. The van der Waals surface area contributed by atoms with Crippen molar-refractivity contribution in [2.45, 2.75) is 6.42 Å². The van der Waals surface area contributed by atoms with Gasteiger partial charge in [0.05, 0.1) is 18.3 Å². The first-order valence-electron chi connectivity index (χ1n) is 8.20. The zero-order valence-corrected chi connectivity index (χ0v) is 16.2. The van der Waals surface area contributed by atoms with E-state index in [0.29, 0.717) is 24.7 Å². The number of benzene rings is 2. The minimum Gasteiger partial charge on any atom is -0.486 e. The molecular weight excluding hydrogens is 398 g/mol. The quantitative estimate of drug-likeness (QED) is 0.599. The maximum absolute atomic E-state index is 12.1. The molecule has 2 aromatic carbocycles. The molecule has 136 valence electrons. The van der Waals surface area contributed by atoms with Gasteiger partial charge in [0.15, 0.2) is 11.5 Å². The predicted octanol–water partition coefficient (Wildman–Crippen LogP) is 2.98. The highest BCUT2D eigenvalue weighted by atomic mass is 79.9. The predicted molar refractivity (Wildman–Crippen MR) is 105 cm³/mol. The Hall–Kier alpha value is -2.54. The van der Waals surface area contributed by atoms with Gasteiger partial charge in [-0.15, -0.1) is 0 Å². The van der Waals surface area contributed by atoms with Crippen LogP contribution in [0.3, 0.4) is 0 Å². The van der Waals surface area contributed by atoms with E-state index in [0.717, 1.165) is 21.3 Å². The van der Waals surface area contributed by atoms with E-state index in [4.69, 9.17) is 9.47 Å². The van der Waals surface area contributed by atoms with Gasteiger partial charge in [0.1, 0.15) is 13.2 Å². The number of ether oxygens (including phenoxy) is 2. The number of halogens is 1. The minimum absolute atomic E-state index is 0.193. The topological polar surface area (TPSA) is 63.2 Å². The first kappa shape index (κ1) is 18.3. The number of anilines is 1. The van der Waals surface area contributed by atoms with Crippen molar-refractivity contribution in [1.29, 1.82) is 0 Å². The maximum atomic E-state index is 12.1. The minimum atomic E-state index is -0.193. The highest BCUT2D eigenvalue weighted by Crippen LogP contribution is 2.30.